The molecule has 0 aromatic carbocycles. The number of guanidine groups is 1. The number of thiophene rings is 1. The van der Waals surface area contributed by atoms with Crippen LogP contribution in [-0.4, -0.2) is 65.5 Å². The summed E-state index contributed by atoms with van der Waals surface area (Å²) in [6.45, 7) is 4.86. The first-order valence-electron chi connectivity index (χ1n) is 8.40. The lowest BCUT2D eigenvalue weighted by atomic mass is 10.2. The smallest absolute Gasteiger partial charge is 0.191 e. The van der Waals surface area contributed by atoms with Crippen molar-refractivity contribution in [1.82, 2.24) is 30.3 Å². The highest BCUT2D eigenvalue weighted by atomic mass is 127. The summed E-state index contributed by atoms with van der Waals surface area (Å²) in [6, 6.07) is 4.62. The molecule has 1 aliphatic rings. The predicted octanol–water partition coefficient (Wildman–Crippen LogP) is 1.23. The van der Waals surface area contributed by atoms with Gasteiger partial charge < -0.3 is 19.9 Å². The van der Waals surface area contributed by atoms with Gasteiger partial charge in [0.05, 0.1) is 25.8 Å². The Bertz CT molecular complexity index is 670. The van der Waals surface area contributed by atoms with Crippen LogP contribution in [0, 0.1) is 0 Å². The number of nitrogens with zero attached hydrogens (tertiary/aromatic N) is 5. The molecule has 0 amide bonds. The lowest BCUT2D eigenvalue weighted by Gasteiger charge is -2.34. The summed E-state index contributed by atoms with van der Waals surface area (Å²) >= 11 is 1.79. The number of morpholine rings is 1. The molecule has 3 rings (SSSR count). The molecule has 8 nitrogen and oxygen atoms in total. The van der Waals surface area contributed by atoms with Gasteiger partial charge in [0.1, 0.15) is 6.33 Å². The molecule has 3 heterocycles. The highest BCUT2D eigenvalue weighted by Crippen LogP contribution is 2.25. The molecule has 144 valence electrons. The van der Waals surface area contributed by atoms with E-state index in [1.165, 1.54) is 4.88 Å². The molecule has 0 bridgehead atoms. The fraction of sp³-hybridized carbons (Fsp3) is 0.562. The van der Waals surface area contributed by atoms with Gasteiger partial charge in [-0.25, -0.2) is 0 Å². The van der Waals surface area contributed by atoms with Crippen LogP contribution in [0.15, 0.2) is 28.8 Å². The Morgan fingerprint density at radius 3 is 2.81 bits per heavy atom. The summed E-state index contributed by atoms with van der Waals surface area (Å²) in [7, 11) is 3.71. The molecule has 1 saturated heterocycles. The number of aryl methyl sites for hydroxylation is 1. The van der Waals surface area contributed by atoms with Crippen LogP contribution in [0.4, 0.5) is 0 Å². The second-order valence-corrected chi connectivity index (χ2v) is 6.82. The standard InChI is InChI=1S/C16H25N7OS.HI/c1-17-16(19-11-15-21-20-12-22(15)2)18-10-13(14-4-3-9-25-14)23-5-7-24-8-6-23;/h3-4,9,12-13H,5-8,10-11H2,1-2H3,(H2,17,18,19);1H. The summed E-state index contributed by atoms with van der Waals surface area (Å²) in [5, 5.41) is 16.8. The van der Waals surface area contributed by atoms with E-state index in [0.29, 0.717) is 12.6 Å². The highest BCUT2D eigenvalue weighted by Gasteiger charge is 2.23. The van der Waals surface area contributed by atoms with E-state index in [1.807, 2.05) is 11.6 Å². The van der Waals surface area contributed by atoms with E-state index in [-0.39, 0.29) is 24.0 Å². The number of aliphatic imine (C=N–C) groups is 1. The summed E-state index contributed by atoms with van der Waals surface area (Å²) < 4.78 is 7.39. The first-order chi connectivity index (χ1) is 12.3. The minimum atomic E-state index is 0. The van der Waals surface area contributed by atoms with Crippen LogP contribution in [0.25, 0.3) is 0 Å². The van der Waals surface area contributed by atoms with Gasteiger partial charge in [-0.2, -0.15) is 0 Å². The van der Waals surface area contributed by atoms with Crippen LogP contribution < -0.4 is 10.6 Å². The van der Waals surface area contributed by atoms with Crippen molar-refractivity contribution < 1.29 is 4.74 Å². The van der Waals surface area contributed by atoms with Crippen molar-refractivity contribution >= 4 is 41.3 Å². The molecule has 1 unspecified atom stereocenters. The van der Waals surface area contributed by atoms with Gasteiger partial charge >= 0.3 is 0 Å². The van der Waals surface area contributed by atoms with Crippen LogP contribution in [0.1, 0.15) is 16.7 Å². The molecule has 1 fully saturated rings. The SMILES string of the molecule is CN=C(NCc1nncn1C)NCC(c1cccs1)N1CCOCC1.I. The van der Waals surface area contributed by atoms with Gasteiger partial charge in [-0.1, -0.05) is 6.07 Å². The molecule has 1 atom stereocenters. The zero-order valence-electron chi connectivity index (χ0n) is 15.1. The molecule has 2 N–H and O–H groups in total. The second-order valence-electron chi connectivity index (χ2n) is 5.84. The number of rotatable bonds is 6. The Balaban J connectivity index is 0.00000243. The lowest BCUT2D eigenvalue weighted by Crippen LogP contribution is -2.46. The molecular formula is C16H26IN7OS. The van der Waals surface area contributed by atoms with Gasteiger partial charge in [0, 0.05) is 38.6 Å². The fourth-order valence-electron chi connectivity index (χ4n) is 2.82. The van der Waals surface area contributed by atoms with Crippen LogP contribution in [0.3, 0.4) is 0 Å². The van der Waals surface area contributed by atoms with Gasteiger partial charge in [0.15, 0.2) is 11.8 Å². The number of hydrogen-bond donors (Lipinski definition) is 2. The van der Waals surface area contributed by atoms with E-state index in [1.54, 1.807) is 24.7 Å². The van der Waals surface area contributed by atoms with Gasteiger partial charge in [-0.15, -0.1) is 45.5 Å². The van der Waals surface area contributed by atoms with Crippen molar-refractivity contribution in [2.75, 3.05) is 39.9 Å². The summed E-state index contributed by atoms with van der Waals surface area (Å²) in [5.41, 5.74) is 0. The fourth-order valence-corrected chi connectivity index (χ4v) is 3.68. The molecule has 2 aromatic rings. The largest absolute Gasteiger partial charge is 0.379 e. The van der Waals surface area contributed by atoms with E-state index in [4.69, 9.17) is 4.74 Å². The minimum Gasteiger partial charge on any atom is -0.379 e. The average molecular weight is 491 g/mol. The Morgan fingerprint density at radius 2 is 2.19 bits per heavy atom. The van der Waals surface area contributed by atoms with Crippen molar-refractivity contribution in [1.29, 1.82) is 0 Å². The summed E-state index contributed by atoms with van der Waals surface area (Å²) in [5.74, 6) is 1.63. The molecule has 2 aromatic heterocycles. The molecule has 1 aliphatic heterocycles. The van der Waals surface area contributed by atoms with Gasteiger partial charge in [-0.05, 0) is 11.4 Å². The topological polar surface area (TPSA) is 79.6 Å². The summed E-state index contributed by atoms with van der Waals surface area (Å²) in [4.78, 5) is 8.14. The van der Waals surface area contributed by atoms with Crippen molar-refractivity contribution in [3.8, 4) is 0 Å². The first kappa shape index (κ1) is 21.1. The molecule has 10 heteroatoms. The maximum Gasteiger partial charge on any atom is 0.191 e. The maximum absolute atomic E-state index is 5.50. The predicted molar refractivity (Wildman–Crippen MR) is 114 cm³/mol. The van der Waals surface area contributed by atoms with E-state index in [2.05, 4.69) is 48.2 Å². The normalized spacial score (nSPS) is 16.8. The maximum atomic E-state index is 5.50. The van der Waals surface area contributed by atoms with Crippen LogP contribution in [0.2, 0.25) is 0 Å². The van der Waals surface area contributed by atoms with Crippen molar-refractivity contribution in [2.24, 2.45) is 12.0 Å². The third-order valence-corrected chi connectivity index (χ3v) is 5.24. The first-order valence-corrected chi connectivity index (χ1v) is 9.28. The molecule has 0 saturated carbocycles. The average Bonchev–Trinajstić information content (AvgIpc) is 3.31. The third kappa shape index (κ3) is 5.63. The molecule has 0 spiro atoms. The van der Waals surface area contributed by atoms with Gasteiger partial charge in [0.2, 0.25) is 0 Å². The van der Waals surface area contributed by atoms with E-state index in [0.717, 1.165) is 44.6 Å². The Kier molecular flexibility index (Phi) is 8.75. The van der Waals surface area contributed by atoms with Crippen molar-refractivity contribution in [2.45, 2.75) is 12.6 Å². The molecule has 26 heavy (non-hydrogen) atoms. The van der Waals surface area contributed by atoms with Gasteiger partial charge in [0.25, 0.3) is 0 Å². The molecule has 0 aliphatic carbocycles. The van der Waals surface area contributed by atoms with Crippen molar-refractivity contribution in [3.05, 3.63) is 34.5 Å². The van der Waals surface area contributed by atoms with Crippen LogP contribution in [-0.2, 0) is 18.3 Å². The number of hydrogen-bond acceptors (Lipinski definition) is 6. The molecular weight excluding hydrogens is 465 g/mol. The Labute approximate surface area is 175 Å². The van der Waals surface area contributed by atoms with E-state index >= 15 is 0 Å². The van der Waals surface area contributed by atoms with E-state index in [9.17, 15) is 0 Å². The third-order valence-electron chi connectivity index (χ3n) is 4.26. The number of halogens is 1. The molecule has 0 radical (unpaired) electrons. The number of ether oxygens (including phenoxy) is 1. The van der Waals surface area contributed by atoms with Gasteiger partial charge in [-0.3, -0.25) is 9.89 Å². The zero-order valence-corrected chi connectivity index (χ0v) is 18.2. The van der Waals surface area contributed by atoms with Crippen LogP contribution >= 0.6 is 35.3 Å². The Morgan fingerprint density at radius 1 is 1.38 bits per heavy atom. The minimum absolute atomic E-state index is 0. The number of aromatic nitrogens is 3. The lowest BCUT2D eigenvalue weighted by molar-refractivity contribution is 0.0177. The second kappa shape index (κ2) is 10.8. The van der Waals surface area contributed by atoms with Crippen LogP contribution in [0.5, 0.6) is 0 Å². The highest BCUT2D eigenvalue weighted by molar-refractivity contribution is 14.0. The number of nitrogens with one attached hydrogen (secondary N) is 2. The van der Waals surface area contributed by atoms with E-state index < -0.39 is 0 Å². The monoisotopic (exact) mass is 491 g/mol. The van der Waals surface area contributed by atoms with Crippen molar-refractivity contribution in [3.63, 3.8) is 0 Å². The zero-order chi connectivity index (χ0) is 17.5. The quantitative estimate of drug-likeness (QED) is 0.360. The summed E-state index contributed by atoms with van der Waals surface area (Å²) in [6.07, 6.45) is 1.69. The Hall–Kier alpha value is -1.24.